The maximum atomic E-state index is 5.77. The van der Waals surface area contributed by atoms with E-state index >= 15 is 0 Å². The lowest BCUT2D eigenvalue weighted by Gasteiger charge is -2.24. The molecule has 0 N–H and O–H groups in total. The summed E-state index contributed by atoms with van der Waals surface area (Å²) >= 11 is 0. The lowest BCUT2D eigenvalue weighted by atomic mass is 9.60. The maximum Gasteiger partial charge on any atom is 0.238 e. The molecule has 0 fully saturated rings. The van der Waals surface area contributed by atoms with Gasteiger partial charge in [-0.25, -0.2) is 4.98 Å². The van der Waals surface area contributed by atoms with Gasteiger partial charge < -0.3 is 4.57 Å². The summed E-state index contributed by atoms with van der Waals surface area (Å²) in [5.41, 5.74) is 40.9. The van der Waals surface area contributed by atoms with E-state index < -0.39 is 0 Å². The Labute approximate surface area is 432 Å². The highest BCUT2D eigenvalue weighted by Gasteiger charge is 2.31. The van der Waals surface area contributed by atoms with E-state index in [4.69, 9.17) is 15.0 Å². The molecule has 306 valence electrons. The van der Waals surface area contributed by atoms with E-state index in [2.05, 4.69) is 205 Å². The van der Waals surface area contributed by atoms with Crippen molar-refractivity contribution in [2.24, 2.45) is 0 Å². The Morgan fingerprint density at radius 1 is 0.203 bits per heavy atom. The standard InChI is InChI=1S/C39H50B25N5/c40-7-1-3-8(41)14(47)23(56)27(60)32(3)68(36-29(62)25(58)22(55)26(59)30(36)63)34(1)31(64)35-2(7)4-9(42)15(48)24(57)28(61)33(4)69(35)39-66-37(5-10(43)16(49)20(53)17(50)11(5)44)65-38(67-39)6-12(45)18(51)21(54)19(52)13(6)46/h40-64H2. The predicted molar refractivity (Wildman–Crippen MR) is 384 cm³/mol. The Hall–Kier alpha value is -4.45. The van der Waals surface area contributed by atoms with Crippen LogP contribution in [0.2, 0.25) is 0 Å². The molecule has 0 aliphatic heterocycles. The van der Waals surface area contributed by atoms with Crippen LogP contribution in [0, 0.1) is 0 Å². The molecule has 0 unspecified atom stereocenters. The van der Waals surface area contributed by atoms with Crippen molar-refractivity contribution >= 4 is 376 Å². The van der Waals surface area contributed by atoms with Crippen LogP contribution in [0.1, 0.15) is 0 Å². The van der Waals surface area contributed by atoms with Crippen molar-refractivity contribution < 1.29 is 0 Å². The first-order chi connectivity index (χ1) is 32.2. The van der Waals surface area contributed by atoms with Crippen LogP contribution in [-0.2, 0) is 0 Å². The molecule has 0 saturated heterocycles. The summed E-state index contributed by atoms with van der Waals surface area (Å²) in [7, 11) is 57.4. The average Bonchev–Trinajstić information content (AvgIpc) is 3.88. The summed E-state index contributed by atoms with van der Waals surface area (Å²) < 4.78 is 5.15. The first-order valence-corrected chi connectivity index (χ1v) is 25.2. The van der Waals surface area contributed by atoms with Crippen molar-refractivity contribution in [2.75, 3.05) is 0 Å². The number of aromatic nitrogens is 5. The molecule has 3 aromatic heterocycles. The Morgan fingerprint density at radius 2 is 0.449 bits per heavy atom. The molecule has 69 heavy (non-hydrogen) atoms. The highest BCUT2D eigenvalue weighted by atomic mass is 15.2. The van der Waals surface area contributed by atoms with Gasteiger partial charge in [0.25, 0.3) is 0 Å². The van der Waals surface area contributed by atoms with Crippen LogP contribution in [-0.4, -0.2) is 220 Å². The van der Waals surface area contributed by atoms with Gasteiger partial charge in [0.05, 0.1) is 5.52 Å². The Balaban J connectivity index is 1.62. The summed E-state index contributed by atoms with van der Waals surface area (Å²) in [5.74, 6) is 2.10. The van der Waals surface area contributed by atoms with Crippen LogP contribution >= 0.6 is 0 Å². The third-order valence-electron chi connectivity index (χ3n) is 19.1. The van der Waals surface area contributed by atoms with Gasteiger partial charge in [0, 0.05) is 44.1 Å². The second kappa shape index (κ2) is 16.8. The highest BCUT2D eigenvalue weighted by Crippen LogP contribution is 2.34. The fourth-order valence-electron chi connectivity index (χ4n) is 12.7. The van der Waals surface area contributed by atoms with Crippen LogP contribution in [0.4, 0.5) is 0 Å². The highest BCUT2D eigenvalue weighted by molar-refractivity contribution is 6.74. The quantitative estimate of drug-likeness (QED) is 0.166. The number of hydrogen-bond donors (Lipinski definition) is 0. The monoisotopic (exact) mass is 864 g/mol. The summed E-state index contributed by atoms with van der Waals surface area (Å²) in [5, 5.41) is 5.27. The minimum atomic E-state index is 0.656. The Kier molecular flexibility index (Phi) is 12.1. The van der Waals surface area contributed by atoms with E-state index in [1.54, 1.807) is 0 Å². The fraction of sp³-hybridized carbons (Fsp3) is 0. The van der Waals surface area contributed by atoms with Gasteiger partial charge in [0.2, 0.25) is 5.95 Å². The van der Waals surface area contributed by atoms with Crippen molar-refractivity contribution in [1.29, 1.82) is 0 Å². The van der Waals surface area contributed by atoms with Crippen LogP contribution in [0.3, 0.4) is 0 Å². The second-order valence-electron chi connectivity index (χ2n) is 21.6. The Morgan fingerprint density at radius 3 is 0.812 bits per heavy atom. The van der Waals surface area contributed by atoms with Crippen LogP contribution < -0.4 is 137 Å². The summed E-state index contributed by atoms with van der Waals surface area (Å²) in [6, 6.07) is 0. The van der Waals surface area contributed by atoms with Gasteiger partial charge in [-0.15, -0.1) is 49.2 Å². The van der Waals surface area contributed by atoms with E-state index in [9.17, 15) is 0 Å². The third-order valence-corrected chi connectivity index (χ3v) is 19.1. The minimum Gasteiger partial charge on any atom is -0.312 e. The molecule has 9 aromatic rings. The molecule has 30 heteroatoms. The topological polar surface area (TPSA) is 48.5 Å². The molecular weight excluding hydrogens is 809 g/mol. The van der Waals surface area contributed by atoms with Crippen molar-refractivity contribution in [2.45, 2.75) is 0 Å². The lowest BCUT2D eigenvalue weighted by Crippen LogP contribution is -2.56. The molecular formula is C39H50B25N5. The molecule has 3 heterocycles. The molecule has 6 aromatic carbocycles. The summed E-state index contributed by atoms with van der Waals surface area (Å²) in [6.07, 6.45) is 0. The smallest absolute Gasteiger partial charge is 0.238 e. The molecule has 0 saturated carbocycles. The predicted octanol–water partition coefficient (Wildman–Crippen LogP) is -34.1. The lowest BCUT2D eigenvalue weighted by molar-refractivity contribution is 0.959. The SMILES string of the molecule is Bc1c(B)c(B)c(-c2nc(-c3c(B)c(B)c(B)c(B)c3B)nc(-n3c4c(B)c(B)c(B)c(B)c4c4c(B)c5c6c(B)c(B)c(B)c(B)c6n(-c6c(B)c(B)c(B)c(B)c6B)c5c(B)c43)n2)c(B)c1B. The average molecular weight is 859 g/mol. The number of rotatable bonds is 4. The molecule has 9 rings (SSSR count). The molecule has 0 radical (unpaired) electrons. The van der Waals surface area contributed by atoms with Crippen molar-refractivity contribution in [1.82, 2.24) is 24.1 Å². The van der Waals surface area contributed by atoms with Gasteiger partial charge in [-0.1, -0.05) is 81.9 Å². The Bertz CT molecular complexity index is 3740. The zero-order valence-electron chi connectivity index (χ0n) is 46.7. The van der Waals surface area contributed by atoms with Gasteiger partial charge in [-0.2, -0.15) is 9.97 Å². The molecule has 0 aliphatic carbocycles. The summed E-state index contributed by atoms with van der Waals surface area (Å²) in [6.45, 7) is 0. The van der Waals surface area contributed by atoms with Crippen molar-refractivity contribution in [3.63, 3.8) is 0 Å². The molecule has 5 nitrogen and oxygen atoms in total. The van der Waals surface area contributed by atoms with Gasteiger partial charge in [-0.05, 0) is 16.2 Å². The first-order valence-electron chi connectivity index (χ1n) is 25.2. The fourth-order valence-corrected chi connectivity index (χ4v) is 12.7. The maximum absolute atomic E-state index is 5.77. The molecule has 0 spiro atoms. The first kappa shape index (κ1) is 49.5. The van der Waals surface area contributed by atoms with Gasteiger partial charge in [0.15, 0.2) is 11.6 Å². The number of fused-ring (bicyclic) bond motifs is 6. The zero-order chi connectivity index (χ0) is 50.8. The molecule has 0 bridgehead atoms. The van der Waals surface area contributed by atoms with E-state index in [1.807, 2.05) is 0 Å². The van der Waals surface area contributed by atoms with Gasteiger partial charge in [-0.3, -0.25) is 4.57 Å². The van der Waals surface area contributed by atoms with Crippen molar-refractivity contribution in [3.8, 4) is 34.4 Å². The number of benzene rings is 6. The largest absolute Gasteiger partial charge is 0.312 e. The van der Waals surface area contributed by atoms with Crippen LogP contribution in [0.15, 0.2) is 0 Å². The van der Waals surface area contributed by atoms with Crippen LogP contribution in [0.25, 0.3) is 78.0 Å². The molecule has 0 aliphatic rings. The van der Waals surface area contributed by atoms with Crippen LogP contribution in [0.5, 0.6) is 0 Å². The van der Waals surface area contributed by atoms with Gasteiger partial charge in [0.1, 0.15) is 196 Å². The number of hydrogen-bond acceptors (Lipinski definition) is 3. The van der Waals surface area contributed by atoms with E-state index in [-0.39, 0.29) is 0 Å². The zero-order valence-corrected chi connectivity index (χ0v) is 46.7. The minimum absolute atomic E-state index is 0.656. The molecule has 0 atom stereocenters. The van der Waals surface area contributed by atoms with E-state index in [0.29, 0.717) is 5.95 Å². The number of nitrogens with zero attached hydrogens (tertiary/aromatic N) is 5. The third kappa shape index (κ3) is 6.56. The normalized spacial score (nSPS) is 11.8. The molecule has 0 amide bonds. The van der Waals surface area contributed by atoms with E-state index in [1.165, 1.54) is 180 Å². The van der Waals surface area contributed by atoms with Crippen molar-refractivity contribution in [3.05, 3.63) is 0 Å². The van der Waals surface area contributed by atoms with Gasteiger partial charge >= 0.3 is 0 Å². The van der Waals surface area contributed by atoms with E-state index in [0.717, 1.165) is 28.3 Å². The summed E-state index contributed by atoms with van der Waals surface area (Å²) in [4.78, 5) is 17.1. The second-order valence-corrected chi connectivity index (χ2v) is 21.6.